The molecule has 9 nitrogen and oxygen atoms in total. The van der Waals surface area contributed by atoms with E-state index in [0.717, 1.165) is 6.20 Å². The van der Waals surface area contributed by atoms with E-state index in [1.165, 1.54) is 39.2 Å². The van der Waals surface area contributed by atoms with Crippen LogP contribution in [0, 0.1) is 10.1 Å². The van der Waals surface area contributed by atoms with Crippen LogP contribution < -0.4 is 10.1 Å². The van der Waals surface area contributed by atoms with Gasteiger partial charge in [0.05, 0.1) is 17.7 Å². The van der Waals surface area contributed by atoms with Gasteiger partial charge in [-0.15, -0.1) is 0 Å². The smallest absolute Gasteiger partial charge is 0.350 e. The van der Waals surface area contributed by atoms with Crippen LogP contribution in [0.25, 0.3) is 0 Å². The topological polar surface area (TPSA) is 117 Å². The minimum atomic E-state index is -1.34. The van der Waals surface area contributed by atoms with Crippen LogP contribution in [-0.4, -0.2) is 29.8 Å². The van der Waals surface area contributed by atoms with E-state index in [1.807, 2.05) is 0 Å². The summed E-state index contributed by atoms with van der Waals surface area (Å²) >= 11 is 0. The van der Waals surface area contributed by atoms with Crippen LogP contribution in [0.3, 0.4) is 0 Å². The summed E-state index contributed by atoms with van der Waals surface area (Å²) in [5.74, 6) is -3.09. The summed E-state index contributed by atoms with van der Waals surface area (Å²) in [6.45, 7) is 2.85. The fraction of sp³-hybridized carbons (Fsp3) is 0.286. The van der Waals surface area contributed by atoms with Crippen molar-refractivity contribution in [3.8, 4) is 5.75 Å². The molecule has 23 heavy (non-hydrogen) atoms. The quantitative estimate of drug-likeness (QED) is 0.293. The molecule has 0 aromatic heterocycles. The molecule has 0 unspecified atom stereocenters. The molecule has 122 valence electrons. The molecular weight excluding hydrogens is 308 g/mol. The number of anilines is 1. The molecule has 1 fully saturated rings. The molecule has 0 aliphatic carbocycles. The van der Waals surface area contributed by atoms with Gasteiger partial charge in [-0.05, 0) is 6.07 Å². The summed E-state index contributed by atoms with van der Waals surface area (Å²) in [4.78, 5) is 33.9. The summed E-state index contributed by atoms with van der Waals surface area (Å²) in [5, 5.41) is 13.6. The van der Waals surface area contributed by atoms with Crippen LogP contribution in [0.15, 0.2) is 30.0 Å². The third-order valence-corrected chi connectivity index (χ3v) is 2.88. The molecule has 0 amide bonds. The first kappa shape index (κ1) is 16.3. The Morgan fingerprint density at radius 3 is 2.39 bits per heavy atom. The zero-order valence-electron chi connectivity index (χ0n) is 12.6. The number of nitro groups is 1. The predicted octanol–water partition coefficient (Wildman–Crippen LogP) is 1.74. The molecule has 1 heterocycles. The highest BCUT2D eigenvalue weighted by Crippen LogP contribution is 2.34. The van der Waals surface area contributed by atoms with Crippen molar-refractivity contribution in [2.24, 2.45) is 0 Å². The number of carbonyl (C=O) groups excluding carboxylic acids is 2. The zero-order chi connectivity index (χ0) is 17.2. The number of nitro benzene ring substituents is 1. The number of esters is 2. The number of hydrogen-bond acceptors (Lipinski definition) is 8. The summed E-state index contributed by atoms with van der Waals surface area (Å²) in [5.41, 5.74) is -0.414. The van der Waals surface area contributed by atoms with Crippen LogP contribution in [0.1, 0.15) is 13.8 Å². The second kappa shape index (κ2) is 5.95. The average molecular weight is 322 g/mol. The molecular formula is C14H14N2O7. The van der Waals surface area contributed by atoms with E-state index in [4.69, 9.17) is 14.2 Å². The van der Waals surface area contributed by atoms with Gasteiger partial charge in [0.25, 0.3) is 5.79 Å². The van der Waals surface area contributed by atoms with Gasteiger partial charge in [-0.3, -0.25) is 10.1 Å². The van der Waals surface area contributed by atoms with Crippen molar-refractivity contribution in [1.82, 2.24) is 0 Å². The summed E-state index contributed by atoms with van der Waals surface area (Å²) in [7, 11) is 1.27. The first-order chi connectivity index (χ1) is 10.7. The maximum atomic E-state index is 11.8. The SMILES string of the molecule is COc1c(NC=C2C(=O)OC(C)(C)OC2=O)cccc1[N+](=O)[O-]. The molecule has 0 radical (unpaired) electrons. The van der Waals surface area contributed by atoms with Crippen LogP contribution in [0.2, 0.25) is 0 Å². The molecule has 1 saturated heterocycles. The van der Waals surface area contributed by atoms with E-state index in [0.29, 0.717) is 0 Å². The highest BCUT2D eigenvalue weighted by molar-refractivity contribution is 6.15. The lowest BCUT2D eigenvalue weighted by Crippen LogP contribution is -2.42. The van der Waals surface area contributed by atoms with E-state index >= 15 is 0 Å². The van der Waals surface area contributed by atoms with E-state index in [2.05, 4.69) is 5.32 Å². The molecule has 0 spiro atoms. The maximum Gasteiger partial charge on any atom is 0.350 e. The standard InChI is InChI=1S/C14H14N2O7/c1-14(2)22-12(17)8(13(18)23-14)7-15-9-5-4-6-10(16(19)20)11(9)21-3/h4-7,15H,1-3H3. The Labute approximate surface area is 131 Å². The van der Waals surface area contributed by atoms with E-state index in [1.54, 1.807) is 0 Å². The lowest BCUT2D eigenvalue weighted by atomic mass is 10.2. The van der Waals surface area contributed by atoms with Gasteiger partial charge >= 0.3 is 17.6 Å². The average Bonchev–Trinajstić information content (AvgIpc) is 2.44. The Balaban J connectivity index is 2.30. The second-order valence-corrected chi connectivity index (χ2v) is 5.00. The van der Waals surface area contributed by atoms with Crippen molar-refractivity contribution in [1.29, 1.82) is 0 Å². The number of ether oxygens (including phenoxy) is 3. The molecule has 1 aromatic carbocycles. The summed E-state index contributed by atoms with van der Waals surface area (Å²) in [6.07, 6.45) is 1.06. The van der Waals surface area contributed by atoms with Gasteiger partial charge in [-0.2, -0.15) is 0 Å². The number of para-hydroxylation sites is 1. The number of cyclic esters (lactones) is 2. The Bertz CT molecular complexity index is 687. The van der Waals surface area contributed by atoms with Crippen molar-refractivity contribution < 1.29 is 28.7 Å². The molecule has 9 heteroatoms. The minimum absolute atomic E-state index is 0.0350. The molecule has 2 rings (SSSR count). The predicted molar refractivity (Wildman–Crippen MR) is 77.6 cm³/mol. The summed E-state index contributed by atoms with van der Waals surface area (Å²) < 4.78 is 14.9. The number of nitrogens with zero attached hydrogens (tertiary/aromatic N) is 1. The third-order valence-electron chi connectivity index (χ3n) is 2.88. The lowest BCUT2D eigenvalue weighted by molar-refractivity contribution is -0.385. The molecule has 0 saturated carbocycles. The molecule has 1 aliphatic heterocycles. The number of carbonyl (C=O) groups is 2. The fourth-order valence-corrected chi connectivity index (χ4v) is 1.93. The monoisotopic (exact) mass is 322 g/mol. The van der Waals surface area contributed by atoms with Gasteiger partial charge in [-0.1, -0.05) is 6.07 Å². The first-order valence-corrected chi connectivity index (χ1v) is 6.50. The highest BCUT2D eigenvalue weighted by Gasteiger charge is 2.39. The minimum Gasteiger partial charge on any atom is -0.489 e. The van der Waals surface area contributed by atoms with Gasteiger partial charge in [0.2, 0.25) is 5.75 Å². The zero-order valence-corrected chi connectivity index (χ0v) is 12.6. The van der Waals surface area contributed by atoms with Crippen molar-refractivity contribution in [2.45, 2.75) is 19.6 Å². The van der Waals surface area contributed by atoms with Crippen molar-refractivity contribution in [2.75, 3.05) is 12.4 Å². The third kappa shape index (κ3) is 3.39. The normalized spacial score (nSPS) is 16.2. The van der Waals surface area contributed by atoms with E-state index in [9.17, 15) is 19.7 Å². The lowest BCUT2D eigenvalue weighted by Gasteiger charge is -2.29. The van der Waals surface area contributed by atoms with Crippen LogP contribution in [-0.2, 0) is 19.1 Å². The summed E-state index contributed by atoms with van der Waals surface area (Å²) in [6, 6.07) is 4.19. The first-order valence-electron chi connectivity index (χ1n) is 6.50. The van der Waals surface area contributed by atoms with Crippen molar-refractivity contribution in [3.05, 3.63) is 40.1 Å². The number of rotatable bonds is 4. The van der Waals surface area contributed by atoms with E-state index < -0.39 is 22.6 Å². The Hall–Kier alpha value is -3.10. The second-order valence-electron chi connectivity index (χ2n) is 5.00. The molecule has 1 aromatic rings. The van der Waals surface area contributed by atoms with Gasteiger partial charge in [0.15, 0.2) is 5.57 Å². The van der Waals surface area contributed by atoms with Gasteiger partial charge < -0.3 is 19.5 Å². The van der Waals surface area contributed by atoms with Crippen molar-refractivity contribution >= 4 is 23.3 Å². The Morgan fingerprint density at radius 1 is 1.26 bits per heavy atom. The largest absolute Gasteiger partial charge is 0.489 e. The number of hydrogen-bond donors (Lipinski definition) is 1. The highest BCUT2D eigenvalue weighted by atomic mass is 16.7. The number of nitrogens with one attached hydrogen (secondary N) is 1. The molecule has 1 N–H and O–H groups in total. The molecule has 0 bridgehead atoms. The van der Waals surface area contributed by atoms with Gasteiger partial charge in [-0.25, -0.2) is 9.59 Å². The van der Waals surface area contributed by atoms with Crippen LogP contribution in [0.4, 0.5) is 11.4 Å². The van der Waals surface area contributed by atoms with Gasteiger partial charge in [0.1, 0.15) is 0 Å². The maximum absolute atomic E-state index is 11.8. The number of methoxy groups -OCH3 is 1. The molecule has 1 aliphatic rings. The molecule has 0 atom stereocenters. The Morgan fingerprint density at radius 2 is 1.87 bits per heavy atom. The van der Waals surface area contributed by atoms with Gasteiger partial charge in [0, 0.05) is 26.1 Å². The fourth-order valence-electron chi connectivity index (χ4n) is 1.93. The van der Waals surface area contributed by atoms with Crippen molar-refractivity contribution in [3.63, 3.8) is 0 Å². The van der Waals surface area contributed by atoms with Crippen LogP contribution in [0.5, 0.6) is 5.75 Å². The number of benzene rings is 1. The van der Waals surface area contributed by atoms with E-state index in [-0.39, 0.29) is 22.7 Å². The van der Waals surface area contributed by atoms with Crippen LogP contribution >= 0.6 is 0 Å². The Kier molecular flexibility index (Phi) is 4.21.